The summed E-state index contributed by atoms with van der Waals surface area (Å²) in [5, 5.41) is 7.24. The molecule has 2 bridgehead atoms. The monoisotopic (exact) mass is 407 g/mol. The third kappa shape index (κ3) is 2.41. The lowest BCUT2D eigenvalue weighted by atomic mass is 9.33. The standard InChI is InChI=1S/C21H21N5O4/c1-29-14-5-4-12(24-18(27)13-8-15-23-6-3-7-26(15)25-13)16(17(14)30-2)20-9-21(10-20,11-20)19(22)28/h3-8H,9-11H2,1-2H3,(H2,22,28)(H,24,27). The number of nitrogens with zero attached hydrogens (tertiary/aromatic N) is 3. The Bertz CT molecular complexity index is 1150. The Balaban J connectivity index is 1.52. The number of hydrogen-bond acceptors (Lipinski definition) is 6. The van der Waals surface area contributed by atoms with E-state index in [0.29, 0.717) is 42.1 Å². The van der Waals surface area contributed by atoms with Gasteiger partial charge in [0, 0.05) is 35.1 Å². The molecule has 0 spiro atoms. The summed E-state index contributed by atoms with van der Waals surface area (Å²) < 4.78 is 12.7. The number of ether oxygens (including phenoxy) is 2. The van der Waals surface area contributed by atoms with Crippen molar-refractivity contribution in [3.8, 4) is 11.5 Å². The first-order chi connectivity index (χ1) is 14.4. The summed E-state index contributed by atoms with van der Waals surface area (Å²) in [6, 6.07) is 6.91. The summed E-state index contributed by atoms with van der Waals surface area (Å²) in [7, 11) is 3.13. The first-order valence-corrected chi connectivity index (χ1v) is 9.58. The van der Waals surface area contributed by atoms with Gasteiger partial charge in [-0.1, -0.05) is 0 Å². The van der Waals surface area contributed by atoms with E-state index in [9.17, 15) is 9.59 Å². The highest BCUT2D eigenvalue weighted by Gasteiger charge is 2.72. The fourth-order valence-corrected chi connectivity index (χ4v) is 5.00. The van der Waals surface area contributed by atoms with E-state index in [1.165, 1.54) is 0 Å². The molecule has 3 N–H and O–H groups in total. The average Bonchev–Trinajstić information content (AvgIpc) is 3.10. The van der Waals surface area contributed by atoms with Crippen molar-refractivity contribution in [2.24, 2.45) is 11.1 Å². The Kier molecular flexibility index (Phi) is 3.80. The van der Waals surface area contributed by atoms with Gasteiger partial charge in [0.05, 0.1) is 19.6 Å². The zero-order valence-electron chi connectivity index (χ0n) is 16.6. The highest BCUT2D eigenvalue weighted by molar-refractivity contribution is 6.04. The number of rotatable bonds is 6. The summed E-state index contributed by atoms with van der Waals surface area (Å²) in [6.07, 6.45) is 5.29. The Morgan fingerprint density at radius 2 is 1.97 bits per heavy atom. The fraction of sp³-hybridized carbons (Fsp3) is 0.333. The van der Waals surface area contributed by atoms with Gasteiger partial charge in [0.25, 0.3) is 5.91 Å². The summed E-state index contributed by atoms with van der Waals surface area (Å²) in [5.41, 5.74) is 7.16. The van der Waals surface area contributed by atoms with E-state index >= 15 is 0 Å². The Morgan fingerprint density at radius 1 is 1.20 bits per heavy atom. The molecule has 2 amide bonds. The van der Waals surface area contributed by atoms with Crippen LogP contribution in [-0.4, -0.2) is 40.6 Å². The van der Waals surface area contributed by atoms with Crippen LogP contribution in [0.5, 0.6) is 11.5 Å². The van der Waals surface area contributed by atoms with Gasteiger partial charge in [0.1, 0.15) is 0 Å². The fourth-order valence-electron chi connectivity index (χ4n) is 5.00. The molecule has 1 aromatic carbocycles. The van der Waals surface area contributed by atoms with Gasteiger partial charge < -0.3 is 20.5 Å². The molecule has 0 saturated heterocycles. The summed E-state index contributed by atoms with van der Waals surface area (Å²) in [5.74, 6) is 0.504. The first-order valence-electron chi connectivity index (χ1n) is 9.58. The summed E-state index contributed by atoms with van der Waals surface area (Å²) in [6.45, 7) is 0. The van der Waals surface area contributed by atoms with Crippen LogP contribution in [0.3, 0.4) is 0 Å². The molecule has 3 aliphatic carbocycles. The average molecular weight is 407 g/mol. The van der Waals surface area contributed by atoms with Crippen molar-refractivity contribution in [3.63, 3.8) is 0 Å². The van der Waals surface area contributed by atoms with E-state index < -0.39 is 5.41 Å². The second-order valence-electron chi connectivity index (χ2n) is 8.09. The molecule has 3 aromatic rings. The van der Waals surface area contributed by atoms with Gasteiger partial charge in [-0.2, -0.15) is 5.10 Å². The molecule has 9 nitrogen and oxygen atoms in total. The number of carbonyl (C=O) groups is 2. The topological polar surface area (TPSA) is 121 Å². The number of aromatic nitrogens is 3. The zero-order chi connectivity index (χ0) is 21.1. The van der Waals surface area contributed by atoms with Crippen molar-refractivity contribution < 1.29 is 19.1 Å². The van der Waals surface area contributed by atoms with E-state index in [0.717, 1.165) is 5.56 Å². The van der Waals surface area contributed by atoms with Crippen LogP contribution in [-0.2, 0) is 10.2 Å². The van der Waals surface area contributed by atoms with Crippen LogP contribution in [0, 0.1) is 5.41 Å². The second kappa shape index (κ2) is 6.19. The van der Waals surface area contributed by atoms with Crippen molar-refractivity contribution in [1.82, 2.24) is 14.6 Å². The van der Waals surface area contributed by atoms with E-state index in [1.54, 1.807) is 55.4 Å². The summed E-state index contributed by atoms with van der Waals surface area (Å²) >= 11 is 0. The molecule has 154 valence electrons. The molecular formula is C21H21N5O4. The molecule has 2 aromatic heterocycles. The predicted molar refractivity (Wildman–Crippen MR) is 108 cm³/mol. The Morgan fingerprint density at radius 3 is 2.60 bits per heavy atom. The van der Waals surface area contributed by atoms with E-state index in [4.69, 9.17) is 15.2 Å². The van der Waals surface area contributed by atoms with Crippen molar-refractivity contribution in [2.45, 2.75) is 24.7 Å². The molecule has 30 heavy (non-hydrogen) atoms. The van der Waals surface area contributed by atoms with Gasteiger partial charge in [0.15, 0.2) is 22.8 Å². The van der Waals surface area contributed by atoms with Crippen molar-refractivity contribution in [3.05, 3.63) is 47.9 Å². The molecule has 3 aliphatic rings. The van der Waals surface area contributed by atoms with Crippen molar-refractivity contribution >= 4 is 23.1 Å². The minimum atomic E-state index is -0.442. The van der Waals surface area contributed by atoms with E-state index in [-0.39, 0.29) is 22.9 Å². The SMILES string of the molecule is COc1ccc(NC(=O)c2cc3ncccn3n2)c(C23CC(C(N)=O)(C2)C3)c1OC. The van der Waals surface area contributed by atoms with Gasteiger partial charge in [-0.15, -0.1) is 0 Å². The lowest BCUT2D eigenvalue weighted by Crippen LogP contribution is -2.69. The molecule has 9 heteroatoms. The van der Waals surface area contributed by atoms with Gasteiger partial charge in [-0.05, 0) is 37.5 Å². The van der Waals surface area contributed by atoms with Crippen LogP contribution < -0.4 is 20.5 Å². The van der Waals surface area contributed by atoms with Gasteiger partial charge in [0.2, 0.25) is 5.91 Å². The van der Waals surface area contributed by atoms with E-state index in [2.05, 4.69) is 15.4 Å². The van der Waals surface area contributed by atoms with Crippen molar-refractivity contribution in [1.29, 1.82) is 0 Å². The zero-order valence-corrected chi connectivity index (χ0v) is 16.6. The summed E-state index contributed by atoms with van der Waals surface area (Å²) in [4.78, 5) is 28.9. The molecule has 0 unspecified atom stereocenters. The van der Waals surface area contributed by atoms with Crippen molar-refractivity contribution in [2.75, 3.05) is 19.5 Å². The maximum Gasteiger partial charge on any atom is 0.276 e. The van der Waals surface area contributed by atoms with Gasteiger partial charge in [-0.25, -0.2) is 9.50 Å². The normalized spacial score (nSPS) is 23.9. The number of benzene rings is 1. The maximum absolute atomic E-state index is 12.9. The molecule has 0 radical (unpaired) electrons. The third-order valence-electron chi connectivity index (χ3n) is 6.35. The van der Waals surface area contributed by atoms with Crippen LogP contribution in [0.4, 0.5) is 5.69 Å². The molecule has 3 saturated carbocycles. The molecule has 2 heterocycles. The number of amides is 2. The van der Waals surface area contributed by atoms with Crippen LogP contribution in [0.15, 0.2) is 36.7 Å². The molecule has 3 fully saturated rings. The number of hydrogen-bond donors (Lipinski definition) is 2. The maximum atomic E-state index is 12.9. The minimum absolute atomic E-state index is 0.251. The number of nitrogens with one attached hydrogen (secondary N) is 1. The third-order valence-corrected chi connectivity index (χ3v) is 6.35. The van der Waals surface area contributed by atoms with Gasteiger partial charge in [-0.3, -0.25) is 9.59 Å². The lowest BCUT2D eigenvalue weighted by molar-refractivity contribution is -0.172. The Hall–Kier alpha value is -3.62. The number of fused-ring (bicyclic) bond motifs is 1. The minimum Gasteiger partial charge on any atom is -0.493 e. The van der Waals surface area contributed by atoms with Crippen LogP contribution in [0.1, 0.15) is 35.3 Å². The van der Waals surface area contributed by atoms with Crippen LogP contribution in [0.25, 0.3) is 5.65 Å². The molecule has 0 atom stereocenters. The number of nitrogens with two attached hydrogens (primary N) is 1. The second-order valence-corrected chi connectivity index (χ2v) is 8.09. The Labute approximate surface area is 172 Å². The predicted octanol–water partition coefficient (Wildman–Crippen LogP) is 1.91. The number of anilines is 1. The first kappa shape index (κ1) is 18.4. The highest BCUT2D eigenvalue weighted by atomic mass is 16.5. The lowest BCUT2D eigenvalue weighted by Gasteiger charge is -2.69. The quantitative estimate of drug-likeness (QED) is 0.644. The number of primary amides is 1. The van der Waals surface area contributed by atoms with Gasteiger partial charge >= 0.3 is 0 Å². The number of methoxy groups -OCH3 is 2. The molecule has 6 rings (SSSR count). The van der Waals surface area contributed by atoms with Crippen LogP contribution >= 0.6 is 0 Å². The largest absolute Gasteiger partial charge is 0.493 e. The van der Waals surface area contributed by atoms with Crippen LogP contribution in [0.2, 0.25) is 0 Å². The molecule has 0 aliphatic heterocycles. The smallest absolute Gasteiger partial charge is 0.276 e. The highest BCUT2D eigenvalue weighted by Crippen LogP contribution is 2.75. The van der Waals surface area contributed by atoms with E-state index in [1.807, 2.05) is 0 Å². The number of carbonyl (C=O) groups excluding carboxylic acids is 2. The molecular weight excluding hydrogens is 386 g/mol.